The average molecular weight is 389 g/mol. The zero-order chi connectivity index (χ0) is 16.9. The predicted octanol–water partition coefficient (Wildman–Crippen LogP) is 4.88. The molecule has 3 aromatic rings. The minimum Gasteiger partial charge on any atom is -0.488 e. The van der Waals surface area contributed by atoms with Gasteiger partial charge in [-0.25, -0.2) is 0 Å². The molecule has 4 nitrogen and oxygen atoms in total. The van der Waals surface area contributed by atoms with Gasteiger partial charge in [-0.3, -0.25) is 4.79 Å². The van der Waals surface area contributed by atoms with Gasteiger partial charge >= 0.3 is 5.97 Å². The number of halogens is 1. The van der Waals surface area contributed by atoms with E-state index in [4.69, 9.17) is 13.9 Å². The molecule has 0 N–H and O–H groups in total. The van der Waals surface area contributed by atoms with Crippen LogP contribution in [0.5, 0.6) is 5.75 Å². The van der Waals surface area contributed by atoms with Crippen LogP contribution in [0.1, 0.15) is 18.1 Å². The first kappa shape index (κ1) is 16.6. The highest BCUT2D eigenvalue weighted by molar-refractivity contribution is 9.10. The Morgan fingerprint density at radius 3 is 2.75 bits per heavy atom. The molecule has 0 saturated heterocycles. The Balaban J connectivity index is 1.78. The van der Waals surface area contributed by atoms with Crippen molar-refractivity contribution in [3.63, 3.8) is 0 Å². The molecule has 0 fully saturated rings. The van der Waals surface area contributed by atoms with Crippen LogP contribution in [0.15, 0.2) is 57.6 Å². The first-order chi connectivity index (χ1) is 11.7. The lowest BCUT2D eigenvalue weighted by molar-refractivity contribution is -0.142. The molecular weight excluding hydrogens is 372 g/mol. The third-order valence-corrected chi connectivity index (χ3v) is 4.24. The van der Waals surface area contributed by atoms with Crippen molar-refractivity contribution in [3.05, 3.63) is 64.3 Å². The number of furan rings is 1. The van der Waals surface area contributed by atoms with Crippen molar-refractivity contribution in [1.29, 1.82) is 0 Å². The molecule has 24 heavy (non-hydrogen) atoms. The van der Waals surface area contributed by atoms with E-state index in [9.17, 15) is 4.79 Å². The Kier molecular flexibility index (Phi) is 5.20. The van der Waals surface area contributed by atoms with Crippen molar-refractivity contribution in [1.82, 2.24) is 0 Å². The highest BCUT2D eigenvalue weighted by Gasteiger charge is 2.12. The number of fused-ring (bicyclic) bond motifs is 1. The van der Waals surface area contributed by atoms with Gasteiger partial charge in [0.25, 0.3) is 0 Å². The smallest absolute Gasteiger partial charge is 0.310 e. The van der Waals surface area contributed by atoms with Crippen LogP contribution in [-0.4, -0.2) is 12.6 Å². The van der Waals surface area contributed by atoms with E-state index in [0.29, 0.717) is 19.0 Å². The molecule has 1 heterocycles. The van der Waals surface area contributed by atoms with E-state index in [0.717, 1.165) is 26.6 Å². The summed E-state index contributed by atoms with van der Waals surface area (Å²) in [5.41, 5.74) is 2.56. The van der Waals surface area contributed by atoms with Crippen molar-refractivity contribution in [2.75, 3.05) is 6.61 Å². The Morgan fingerprint density at radius 2 is 1.92 bits per heavy atom. The molecule has 0 radical (unpaired) electrons. The zero-order valence-corrected chi connectivity index (χ0v) is 14.8. The monoisotopic (exact) mass is 388 g/mol. The highest BCUT2D eigenvalue weighted by atomic mass is 79.9. The van der Waals surface area contributed by atoms with Crippen molar-refractivity contribution in [2.45, 2.75) is 20.0 Å². The van der Waals surface area contributed by atoms with Crippen LogP contribution in [-0.2, 0) is 22.6 Å². The number of benzene rings is 2. The van der Waals surface area contributed by atoms with Gasteiger partial charge in [-0.15, -0.1) is 0 Å². The van der Waals surface area contributed by atoms with Crippen LogP contribution < -0.4 is 4.74 Å². The lowest BCUT2D eigenvalue weighted by atomic mass is 10.1. The van der Waals surface area contributed by atoms with Gasteiger partial charge in [-0.1, -0.05) is 30.3 Å². The quantitative estimate of drug-likeness (QED) is 0.564. The van der Waals surface area contributed by atoms with Gasteiger partial charge in [-0.2, -0.15) is 0 Å². The standard InChI is InChI=1S/C19H17BrO4/c1-2-22-18(21)10-13-6-3-4-9-17(13)23-11-14-7-5-8-15-16(20)12-24-19(14)15/h3-9,12H,2,10-11H2,1H3. The molecule has 3 rings (SSSR count). The summed E-state index contributed by atoms with van der Waals surface area (Å²) < 4.78 is 17.5. The molecule has 1 aromatic heterocycles. The summed E-state index contributed by atoms with van der Waals surface area (Å²) in [5, 5.41) is 1.01. The van der Waals surface area contributed by atoms with E-state index in [1.807, 2.05) is 42.5 Å². The molecule has 0 unspecified atom stereocenters. The van der Waals surface area contributed by atoms with Crippen LogP contribution >= 0.6 is 15.9 Å². The second kappa shape index (κ2) is 7.53. The van der Waals surface area contributed by atoms with Gasteiger partial charge in [0.05, 0.1) is 17.5 Å². The molecule has 0 spiro atoms. The molecule has 0 aliphatic carbocycles. The maximum absolute atomic E-state index is 11.7. The Labute approximate surface area is 148 Å². The summed E-state index contributed by atoms with van der Waals surface area (Å²) in [7, 11) is 0. The fourth-order valence-electron chi connectivity index (χ4n) is 2.51. The van der Waals surface area contributed by atoms with Crippen LogP contribution in [0.4, 0.5) is 0 Å². The molecule has 0 bridgehead atoms. The molecule has 124 valence electrons. The molecule has 0 atom stereocenters. The zero-order valence-electron chi connectivity index (χ0n) is 13.3. The maximum atomic E-state index is 11.7. The minimum absolute atomic E-state index is 0.195. The number of hydrogen-bond acceptors (Lipinski definition) is 4. The van der Waals surface area contributed by atoms with E-state index in [1.54, 1.807) is 13.2 Å². The van der Waals surface area contributed by atoms with Crippen LogP contribution in [0.2, 0.25) is 0 Å². The van der Waals surface area contributed by atoms with Gasteiger partial charge in [0.15, 0.2) is 0 Å². The minimum atomic E-state index is -0.259. The Hall–Kier alpha value is -2.27. The van der Waals surface area contributed by atoms with Crippen LogP contribution in [0.25, 0.3) is 11.0 Å². The number of rotatable bonds is 6. The van der Waals surface area contributed by atoms with Crippen molar-refractivity contribution in [3.8, 4) is 5.75 Å². The number of esters is 1. The molecular formula is C19H17BrO4. The van der Waals surface area contributed by atoms with Gasteiger partial charge < -0.3 is 13.9 Å². The number of para-hydroxylation sites is 2. The second-order valence-corrected chi connectivity index (χ2v) is 6.11. The van der Waals surface area contributed by atoms with Gasteiger partial charge in [0, 0.05) is 16.5 Å². The largest absolute Gasteiger partial charge is 0.488 e. The van der Waals surface area contributed by atoms with Crippen molar-refractivity contribution in [2.24, 2.45) is 0 Å². The summed E-state index contributed by atoms with van der Waals surface area (Å²) in [6.45, 7) is 2.52. The molecule has 0 aliphatic heterocycles. The van der Waals surface area contributed by atoms with E-state index < -0.39 is 0 Å². The first-order valence-electron chi connectivity index (χ1n) is 7.70. The Morgan fingerprint density at radius 1 is 1.12 bits per heavy atom. The fourth-order valence-corrected chi connectivity index (χ4v) is 2.92. The number of carbonyl (C=O) groups is 1. The number of ether oxygens (including phenoxy) is 2. The summed E-state index contributed by atoms with van der Waals surface area (Å²) in [5.74, 6) is 0.416. The van der Waals surface area contributed by atoms with E-state index >= 15 is 0 Å². The Bertz CT molecular complexity index is 853. The lowest BCUT2D eigenvalue weighted by Crippen LogP contribution is -2.09. The topological polar surface area (TPSA) is 48.7 Å². The van der Waals surface area contributed by atoms with Crippen LogP contribution in [0.3, 0.4) is 0 Å². The van der Waals surface area contributed by atoms with E-state index in [1.165, 1.54) is 0 Å². The summed E-state index contributed by atoms with van der Waals surface area (Å²) in [6.07, 6.45) is 1.86. The third-order valence-electron chi connectivity index (χ3n) is 3.63. The predicted molar refractivity (Wildman–Crippen MR) is 95.0 cm³/mol. The molecule has 0 aliphatic rings. The first-order valence-corrected chi connectivity index (χ1v) is 8.49. The van der Waals surface area contributed by atoms with Crippen LogP contribution in [0, 0.1) is 0 Å². The third kappa shape index (κ3) is 3.62. The molecule has 0 saturated carbocycles. The number of hydrogen-bond donors (Lipinski definition) is 0. The highest BCUT2D eigenvalue weighted by Crippen LogP contribution is 2.29. The molecule has 0 amide bonds. The lowest BCUT2D eigenvalue weighted by Gasteiger charge is -2.11. The van der Waals surface area contributed by atoms with Crippen molar-refractivity contribution < 1.29 is 18.7 Å². The van der Waals surface area contributed by atoms with E-state index in [-0.39, 0.29) is 12.4 Å². The fraction of sp³-hybridized carbons (Fsp3) is 0.211. The SMILES string of the molecule is CCOC(=O)Cc1ccccc1OCc1cccc2c(Br)coc12. The van der Waals surface area contributed by atoms with Gasteiger partial charge in [0.1, 0.15) is 24.2 Å². The molecule has 2 aromatic carbocycles. The number of carbonyl (C=O) groups excluding carboxylic acids is 1. The average Bonchev–Trinajstić information content (AvgIpc) is 2.96. The van der Waals surface area contributed by atoms with Gasteiger partial charge in [-0.05, 0) is 35.0 Å². The van der Waals surface area contributed by atoms with E-state index in [2.05, 4.69) is 15.9 Å². The second-order valence-electron chi connectivity index (χ2n) is 5.26. The van der Waals surface area contributed by atoms with Crippen molar-refractivity contribution >= 4 is 32.9 Å². The summed E-state index contributed by atoms with van der Waals surface area (Å²) in [6, 6.07) is 13.4. The molecule has 5 heteroatoms. The summed E-state index contributed by atoms with van der Waals surface area (Å²) in [4.78, 5) is 11.7. The summed E-state index contributed by atoms with van der Waals surface area (Å²) >= 11 is 3.46. The maximum Gasteiger partial charge on any atom is 0.310 e. The van der Waals surface area contributed by atoms with Gasteiger partial charge in [0.2, 0.25) is 0 Å². The normalized spacial score (nSPS) is 10.8.